The Morgan fingerprint density at radius 3 is 2.57 bits per heavy atom. The van der Waals surface area contributed by atoms with Crippen molar-refractivity contribution in [2.45, 2.75) is 0 Å². The quantitative estimate of drug-likeness (QED) is 0.681. The van der Waals surface area contributed by atoms with E-state index in [0.29, 0.717) is 11.3 Å². The van der Waals surface area contributed by atoms with Crippen LogP contribution in [0.5, 0.6) is 0 Å². The van der Waals surface area contributed by atoms with Crippen LogP contribution in [0.1, 0.15) is 0 Å². The van der Waals surface area contributed by atoms with E-state index in [9.17, 15) is 8.78 Å². The Labute approximate surface area is 79.8 Å². The number of benzene rings is 1. The van der Waals surface area contributed by atoms with Crippen molar-refractivity contribution in [3.8, 4) is 11.3 Å². The second-order valence-electron chi connectivity index (χ2n) is 3.00. The molecule has 72 valence electrons. The van der Waals surface area contributed by atoms with Gasteiger partial charge in [-0.15, -0.1) is 0 Å². The van der Waals surface area contributed by atoms with Crippen molar-refractivity contribution in [1.29, 1.82) is 0 Å². The Morgan fingerprint density at radius 2 is 2.00 bits per heavy atom. The fraction of sp³-hybridized carbons (Fsp3) is 0.100. The standard InChI is InChI=1S/C10H8F2N2/c1-14-5-4-10(13-14)8-3-2-7(11)6-9(8)12/h2-6H,1H3. The second kappa shape index (κ2) is 3.21. The van der Waals surface area contributed by atoms with Crippen LogP contribution in [-0.2, 0) is 7.05 Å². The number of rotatable bonds is 1. The number of hydrogen-bond donors (Lipinski definition) is 0. The molecular formula is C10H8F2N2. The Hall–Kier alpha value is -1.71. The molecule has 1 aromatic heterocycles. The molecule has 0 aliphatic heterocycles. The molecule has 2 aromatic rings. The van der Waals surface area contributed by atoms with Gasteiger partial charge < -0.3 is 0 Å². The zero-order valence-electron chi connectivity index (χ0n) is 7.54. The summed E-state index contributed by atoms with van der Waals surface area (Å²) in [4.78, 5) is 0. The lowest BCUT2D eigenvalue weighted by molar-refractivity contribution is 0.585. The third-order valence-electron chi connectivity index (χ3n) is 1.92. The maximum Gasteiger partial charge on any atom is 0.135 e. The Morgan fingerprint density at radius 1 is 1.21 bits per heavy atom. The lowest BCUT2D eigenvalue weighted by Crippen LogP contribution is -1.90. The van der Waals surface area contributed by atoms with Crippen LogP contribution in [0.4, 0.5) is 8.78 Å². The van der Waals surface area contributed by atoms with Gasteiger partial charge in [0.2, 0.25) is 0 Å². The van der Waals surface area contributed by atoms with Crippen LogP contribution in [0, 0.1) is 11.6 Å². The summed E-state index contributed by atoms with van der Waals surface area (Å²) < 4.78 is 27.4. The van der Waals surface area contributed by atoms with Gasteiger partial charge in [-0.2, -0.15) is 5.10 Å². The van der Waals surface area contributed by atoms with Crippen LogP contribution < -0.4 is 0 Å². The molecule has 0 saturated carbocycles. The molecule has 1 aromatic carbocycles. The van der Waals surface area contributed by atoms with E-state index in [0.717, 1.165) is 6.07 Å². The zero-order chi connectivity index (χ0) is 10.1. The van der Waals surface area contributed by atoms with Crippen molar-refractivity contribution in [1.82, 2.24) is 9.78 Å². The van der Waals surface area contributed by atoms with Crippen LogP contribution in [-0.4, -0.2) is 9.78 Å². The minimum Gasteiger partial charge on any atom is -0.275 e. The molecule has 2 nitrogen and oxygen atoms in total. The van der Waals surface area contributed by atoms with Gasteiger partial charge in [0.1, 0.15) is 11.6 Å². The molecule has 0 aliphatic carbocycles. The molecule has 0 saturated heterocycles. The van der Waals surface area contributed by atoms with Gasteiger partial charge in [0, 0.05) is 24.9 Å². The minimum atomic E-state index is -0.594. The van der Waals surface area contributed by atoms with Gasteiger partial charge >= 0.3 is 0 Å². The van der Waals surface area contributed by atoms with Gasteiger partial charge in [-0.25, -0.2) is 8.78 Å². The summed E-state index contributed by atoms with van der Waals surface area (Å²) in [5, 5.41) is 4.03. The largest absolute Gasteiger partial charge is 0.275 e. The van der Waals surface area contributed by atoms with E-state index < -0.39 is 11.6 Å². The molecule has 14 heavy (non-hydrogen) atoms. The monoisotopic (exact) mass is 194 g/mol. The zero-order valence-corrected chi connectivity index (χ0v) is 7.54. The van der Waals surface area contributed by atoms with Crippen LogP contribution in [0.25, 0.3) is 11.3 Å². The molecular weight excluding hydrogens is 186 g/mol. The van der Waals surface area contributed by atoms with Crippen molar-refractivity contribution >= 4 is 0 Å². The highest BCUT2D eigenvalue weighted by molar-refractivity contribution is 5.59. The van der Waals surface area contributed by atoms with Crippen molar-refractivity contribution in [3.05, 3.63) is 42.1 Å². The highest BCUT2D eigenvalue weighted by atomic mass is 19.1. The Balaban J connectivity index is 2.52. The van der Waals surface area contributed by atoms with Crippen molar-refractivity contribution in [3.63, 3.8) is 0 Å². The van der Waals surface area contributed by atoms with E-state index in [2.05, 4.69) is 5.10 Å². The van der Waals surface area contributed by atoms with Gasteiger partial charge in [0.25, 0.3) is 0 Å². The van der Waals surface area contributed by atoms with Crippen molar-refractivity contribution < 1.29 is 8.78 Å². The summed E-state index contributed by atoms with van der Waals surface area (Å²) in [7, 11) is 1.74. The van der Waals surface area contributed by atoms with Crippen LogP contribution >= 0.6 is 0 Å². The SMILES string of the molecule is Cn1ccc(-c2ccc(F)cc2F)n1. The van der Waals surface area contributed by atoms with Gasteiger partial charge in [0.05, 0.1) is 5.69 Å². The summed E-state index contributed by atoms with van der Waals surface area (Å²) in [5.74, 6) is -1.18. The average Bonchev–Trinajstić information content (AvgIpc) is 2.51. The predicted molar refractivity (Wildman–Crippen MR) is 48.6 cm³/mol. The third kappa shape index (κ3) is 1.51. The van der Waals surface area contributed by atoms with Gasteiger partial charge in [-0.3, -0.25) is 4.68 Å². The molecule has 2 rings (SSSR count). The smallest absolute Gasteiger partial charge is 0.135 e. The fourth-order valence-corrected chi connectivity index (χ4v) is 1.26. The third-order valence-corrected chi connectivity index (χ3v) is 1.92. The first-order chi connectivity index (χ1) is 6.66. The molecule has 0 atom stereocenters. The molecule has 0 radical (unpaired) electrons. The maximum absolute atomic E-state index is 13.3. The van der Waals surface area contributed by atoms with E-state index in [-0.39, 0.29) is 0 Å². The predicted octanol–water partition coefficient (Wildman–Crippen LogP) is 2.37. The van der Waals surface area contributed by atoms with Gasteiger partial charge in [-0.1, -0.05) is 0 Å². The lowest BCUT2D eigenvalue weighted by Gasteiger charge is -1.98. The maximum atomic E-state index is 13.3. The van der Waals surface area contributed by atoms with E-state index in [4.69, 9.17) is 0 Å². The molecule has 0 fully saturated rings. The highest BCUT2D eigenvalue weighted by Crippen LogP contribution is 2.20. The molecule has 0 N–H and O–H groups in total. The second-order valence-corrected chi connectivity index (χ2v) is 3.00. The van der Waals surface area contributed by atoms with E-state index >= 15 is 0 Å². The molecule has 0 unspecified atom stereocenters. The molecule has 0 aliphatic rings. The lowest BCUT2D eigenvalue weighted by atomic mass is 10.1. The van der Waals surface area contributed by atoms with E-state index in [1.54, 1.807) is 24.0 Å². The van der Waals surface area contributed by atoms with Crippen molar-refractivity contribution in [2.24, 2.45) is 7.05 Å². The minimum absolute atomic E-state index is 0.312. The average molecular weight is 194 g/mol. The van der Waals surface area contributed by atoms with Crippen molar-refractivity contribution in [2.75, 3.05) is 0 Å². The summed E-state index contributed by atoms with van der Waals surface area (Å²) in [6.45, 7) is 0. The number of aryl methyl sites for hydroxylation is 1. The van der Waals surface area contributed by atoms with Gasteiger partial charge in [-0.05, 0) is 18.2 Å². The topological polar surface area (TPSA) is 17.8 Å². The van der Waals surface area contributed by atoms with E-state index in [1.165, 1.54) is 12.1 Å². The molecule has 1 heterocycles. The summed E-state index contributed by atoms with van der Waals surface area (Å²) >= 11 is 0. The molecule has 0 amide bonds. The first kappa shape index (κ1) is 8.87. The van der Waals surface area contributed by atoms with E-state index in [1.807, 2.05) is 0 Å². The van der Waals surface area contributed by atoms with Crippen LogP contribution in [0.3, 0.4) is 0 Å². The van der Waals surface area contributed by atoms with Crippen LogP contribution in [0.2, 0.25) is 0 Å². The van der Waals surface area contributed by atoms with Crippen LogP contribution in [0.15, 0.2) is 30.5 Å². The normalized spacial score (nSPS) is 10.5. The number of hydrogen-bond acceptors (Lipinski definition) is 1. The Bertz CT molecular complexity index is 463. The number of halogens is 2. The molecule has 0 bridgehead atoms. The summed E-state index contributed by atoms with van der Waals surface area (Å²) in [6.07, 6.45) is 1.71. The molecule has 4 heteroatoms. The summed E-state index contributed by atoms with van der Waals surface area (Å²) in [5.41, 5.74) is 0.817. The number of aromatic nitrogens is 2. The molecule has 0 spiro atoms. The first-order valence-corrected chi connectivity index (χ1v) is 4.12. The highest BCUT2D eigenvalue weighted by Gasteiger charge is 2.07. The Kier molecular flexibility index (Phi) is 2.04. The van der Waals surface area contributed by atoms with Gasteiger partial charge in [0.15, 0.2) is 0 Å². The fourth-order valence-electron chi connectivity index (χ4n) is 1.26. The first-order valence-electron chi connectivity index (χ1n) is 4.12. The number of nitrogens with zero attached hydrogens (tertiary/aromatic N) is 2. The summed E-state index contributed by atoms with van der Waals surface area (Å²) in [6, 6.07) is 5.13.